The van der Waals surface area contributed by atoms with Crippen molar-refractivity contribution in [3.05, 3.63) is 41.0 Å². The Bertz CT molecular complexity index is 744. The molecular formula is C21H28O6. The maximum absolute atomic E-state index is 11.3. The minimum Gasteiger partial charge on any atom is -0.508 e. The number of phenolic OH excluding ortho intramolecular Hbond substituents is 1. The zero-order valence-corrected chi connectivity index (χ0v) is 16.7. The third-order valence-electron chi connectivity index (χ3n) is 4.40. The number of aryl methyl sites for hydroxylation is 1. The number of aromatic hydroxyl groups is 1. The van der Waals surface area contributed by atoms with Crippen molar-refractivity contribution in [1.29, 1.82) is 0 Å². The van der Waals surface area contributed by atoms with Crippen LogP contribution in [-0.4, -0.2) is 35.9 Å². The second-order valence-corrected chi connectivity index (χ2v) is 7.83. The lowest BCUT2D eigenvalue weighted by atomic mass is 9.82. The van der Waals surface area contributed by atoms with Gasteiger partial charge in [0.15, 0.2) is 0 Å². The summed E-state index contributed by atoms with van der Waals surface area (Å²) in [4.78, 5) is 22.5. The number of esters is 2. The lowest BCUT2D eigenvalue weighted by Gasteiger charge is -2.32. The van der Waals surface area contributed by atoms with Gasteiger partial charge in [0.2, 0.25) is 0 Å². The van der Waals surface area contributed by atoms with E-state index in [1.807, 2.05) is 13.0 Å². The van der Waals surface area contributed by atoms with E-state index in [1.165, 1.54) is 13.8 Å². The zero-order valence-electron chi connectivity index (χ0n) is 16.7. The van der Waals surface area contributed by atoms with Crippen LogP contribution >= 0.6 is 0 Å². The largest absolute Gasteiger partial charge is 0.508 e. The highest BCUT2D eigenvalue weighted by Gasteiger charge is 2.32. The summed E-state index contributed by atoms with van der Waals surface area (Å²) in [7, 11) is 0. The molecule has 1 aliphatic rings. The first kappa shape index (κ1) is 21.0. The van der Waals surface area contributed by atoms with Crippen LogP contribution in [0.3, 0.4) is 0 Å². The Morgan fingerprint density at radius 3 is 2.37 bits per heavy atom. The predicted octanol–water partition coefficient (Wildman–Crippen LogP) is 3.49. The minimum atomic E-state index is -0.658. The fourth-order valence-electron chi connectivity index (χ4n) is 3.22. The van der Waals surface area contributed by atoms with Gasteiger partial charge < -0.3 is 19.3 Å². The van der Waals surface area contributed by atoms with Crippen molar-refractivity contribution in [2.75, 3.05) is 6.61 Å². The van der Waals surface area contributed by atoms with Gasteiger partial charge in [-0.25, -0.2) is 0 Å². The topological polar surface area (TPSA) is 82.1 Å². The van der Waals surface area contributed by atoms with Crippen LogP contribution < -0.4 is 0 Å². The highest BCUT2D eigenvalue weighted by atomic mass is 16.6. The molecule has 0 bridgehead atoms. The van der Waals surface area contributed by atoms with Crippen LogP contribution in [0.1, 0.15) is 57.4 Å². The first-order chi connectivity index (χ1) is 12.5. The molecule has 1 N–H and O–H groups in total. The van der Waals surface area contributed by atoms with Crippen molar-refractivity contribution >= 4 is 11.9 Å². The highest BCUT2D eigenvalue weighted by Crippen LogP contribution is 2.37. The van der Waals surface area contributed by atoms with E-state index in [9.17, 15) is 14.7 Å². The van der Waals surface area contributed by atoms with Gasteiger partial charge in [-0.05, 0) is 41.7 Å². The van der Waals surface area contributed by atoms with Crippen molar-refractivity contribution < 1.29 is 28.9 Å². The molecule has 1 aliphatic heterocycles. The second-order valence-electron chi connectivity index (χ2n) is 7.83. The second kappa shape index (κ2) is 8.13. The number of rotatable bonds is 4. The van der Waals surface area contributed by atoms with E-state index in [2.05, 4.69) is 20.8 Å². The number of hydrogen-bond donors (Lipinski definition) is 1. The number of carbonyl (C=O) groups is 2. The van der Waals surface area contributed by atoms with Crippen LogP contribution in [0.15, 0.2) is 24.3 Å². The molecule has 0 saturated carbocycles. The fraction of sp³-hybridized carbons (Fsp3) is 0.524. The van der Waals surface area contributed by atoms with Crippen LogP contribution in [0.25, 0.3) is 0 Å². The number of benzene rings is 1. The first-order valence-electron chi connectivity index (χ1n) is 8.97. The third kappa shape index (κ3) is 5.32. The molecule has 27 heavy (non-hydrogen) atoms. The van der Waals surface area contributed by atoms with Gasteiger partial charge in [-0.3, -0.25) is 9.59 Å². The summed E-state index contributed by atoms with van der Waals surface area (Å²) < 4.78 is 16.3. The molecule has 0 saturated heterocycles. The molecule has 0 fully saturated rings. The van der Waals surface area contributed by atoms with Gasteiger partial charge in [-0.2, -0.15) is 0 Å². The SMILES string of the molecule is CC(=O)OC[C@H]1O[C@H](c2cc(C)c(C(C)(C)C)cc2O)C=C[C@@H]1OC(C)=O. The number of carbonyl (C=O) groups excluding carboxylic acids is 2. The molecule has 0 radical (unpaired) electrons. The van der Waals surface area contributed by atoms with E-state index >= 15 is 0 Å². The van der Waals surface area contributed by atoms with E-state index in [0.717, 1.165) is 11.1 Å². The van der Waals surface area contributed by atoms with Gasteiger partial charge in [0.05, 0.1) is 0 Å². The van der Waals surface area contributed by atoms with E-state index in [4.69, 9.17) is 14.2 Å². The normalized spacial score (nSPS) is 22.4. The van der Waals surface area contributed by atoms with E-state index < -0.39 is 30.3 Å². The molecule has 1 heterocycles. The zero-order chi connectivity index (χ0) is 20.4. The molecule has 1 aromatic carbocycles. The standard InChI is InChI=1S/C21H28O6/c1-12-9-15(17(24)10-16(12)21(4,5)6)18-7-8-19(26-14(3)23)20(27-18)11-25-13(2)22/h7-10,18-20,24H,11H2,1-6H3/t18-,19-,20+/m0/s1. The van der Waals surface area contributed by atoms with Crippen molar-refractivity contribution in [1.82, 2.24) is 0 Å². The molecule has 0 amide bonds. The van der Waals surface area contributed by atoms with Gasteiger partial charge >= 0.3 is 11.9 Å². The van der Waals surface area contributed by atoms with Crippen LogP contribution in [0.4, 0.5) is 0 Å². The third-order valence-corrected chi connectivity index (χ3v) is 4.40. The summed E-state index contributed by atoms with van der Waals surface area (Å²) in [6, 6.07) is 3.67. The van der Waals surface area contributed by atoms with Crippen molar-refractivity contribution in [2.45, 2.75) is 65.3 Å². The van der Waals surface area contributed by atoms with E-state index in [0.29, 0.717) is 5.56 Å². The Hall–Kier alpha value is -2.34. The summed E-state index contributed by atoms with van der Waals surface area (Å²) >= 11 is 0. The van der Waals surface area contributed by atoms with Crippen LogP contribution in [0.5, 0.6) is 5.75 Å². The number of phenols is 1. The monoisotopic (exact) mass is 376 g/mol. The molecule has 3 atom stereocenters. The Morgan fingerprint density at radius 2 is 1.81 bits per heavy atom. The molecule has 6 heteroatoms. The summed E-state index contributed by atoms with van der Waals surface area (Å²) in [5.41, 5.74) is 2.62. The van der Waals surface area contributed by atoms with Crippen molar-refractivity contribution in [3.8, 4) is 5.75 Å². The lowest BCUT2D eigenvalue weighted by Crippen LogP contribution is -2.39. The molecular weight excluding hydrogens is 348 g/mol. The van der Waals surface area contributed by atoms with Gasteiger partial charge in [-0.15, -0.1) is 0 Å². The summed E-state index contributed by atoms with van der Waals surface area (Å²) in [5.74, 6) is -0.760. The molecule has 1 aromatic rings. The summed E-state index contributed by atoms with van der Waals surface area (Å²) in [6.45, 7) is 10.8. The number of ether oxygens (including phenoxy) is 3. The predicted molar refractivity (Wildman–Crippen MR) is 100 cm³/mol. The van der Waals surface area contributed by atoms with Crippen molar-refractivity contribution in [3.63, 3.8) is 0 Å². The molecule has 0 unspecified atom stereocenters. The Labute approximate surface area is 160 Å². The van der Waals surface area contributed by atoms with Gasteiger partial charge in [0.25, 0.3) is 0 Å². The van der Waals surface area contributed by atoms with Crippen LogP contribution in [-0.2, 0) is 29.2 Å². The molecule has 0 spiro atoms. The molecule has 148 valence electrons. The smallest absolute Gasteiger partial charge is 0.303 e. The highest BCUT2D eigenvalue weighted by molar-refractivity contribution is 5.67. The summed E-state index contributed by atoms with van der Waals surface area (Å²) in [6.07, 6.45) is 1.59. The quantitative estimate of drug-likeness (QED) is 0.640. The van der Waals surface area contributed by atoms with Crippen LogP contribution in [0.2, 0.25) is 0 Å². The van der Waals surface area contributed by atoms with Crippen LogP contribution in [0, 0.1) is 6.92 Å². The average molecular weight is 376 g/mol. The van der Waals surface area contributed by atoms with E-state index in [1.54, 1.807) is 18.2 Å². The molecule has 0 aromatic heterocycles. The maximum atomic E-state index is 11.3. The summed E-state index contributed by atoms with van der Waals surface area (Å²) in [5, 5.41) is 10.6. The Morgan fingerprint density at radius 1 is 1.15 bits per heavy atom. The van der Waals surface area contributed by atoms with Gasteiger partial charge in [-0.1, -0.05) is 26.8 Å². The Balaban J connectivity index is 2.32. The van der Waals surface area contributed by atoms with E-state index in [-0.39, 0.29) is 17.8 Å². The van der Waals surface area contributed by atoms with Gasteiger partial charge in [0, 0.05) is 19.4 Å². The fourth-order valence-corrected chi connectivity index (χ4v) is 3.22. The number of hydrogen-bond acceptors (Lipinski definition) is 6. The average Bonchev–Trinajstić information content (AvgIpc) is 2.54. The molecule has 2 rings (SSSR count). The first-order valence-corrected chi connectivity index (χ1v) is 8.97. The Kier molecular flexibility index (Phi) is 6.31. The molecule has 0 aliphatic carbocycles. The minimum absolute atomic E-state index is 0.0477. The maximum Gasteiger partial charge on any atom is 0.303 e. The molecule has 6 nitrogen and oxygen atoms in total. The van der Waals surface area contributed by atoms with Gasteiger partial charge in [0.1, 0.15) is 30.7 Å². The lowest BCUT2D eigenvalue weighted by molar-refractivity contribution is -0.163. The van der Waals surface area contributed by atoms with Crippen molar-refractivity contribution in [2.24, 2.45) is 0 Å².